The molecule has 0 aromatic carbocycles. The number of hydrogen-bond acceptors (Lipinski definition) is 4. The molecule has 0 N–H and O–H groups in total. The molecule has 0 spiro atoms. The summed E-state index contributed by atoms with van der Waals surface area (Å²) in [6, 6.07) is 1.97. The molecule has 1 aliphatic heterocycles. The van der Waals surface area contributed by atoms with Gasteiger partial charge in [-0.05, 0) is 32.8 Å². The van der Waals surface area contributed by atoms with Crippen LogP contribution in [0.25, 0.3) is 0 Å². The average molecular weight is 299 g/mol. The lowest BCUT2D eigenvalue weighted by molar-refractivity contribution is 0.0710. The molecular formula is C16H21N5O. The summed E-state index contributed by atoms with van der Waals surface area (Å²) in [5.41, 5.74) is 3.57. The minimum absolute atomic E-state index is 0.101. The van der Waals surface area contributed by atoms with Crippen LogP contribution in [0.4, 0.5) is 0 Å². The fourth-order valence-electron chi connectivity index (χ4n) is 3.16. The highest BCUT2D eigenvalue weighted by atomic mass is 16.2. The Bertz CT molecular complexity index is 671. The molecule has 6 nitrogen and oxygen atoms in total. The molecule has 3 heterocycles. The lowest BCUT2D eigenvalue weighted by Crippen LogP contribution is -2.38. The van der Waals surface area contributed by atoms with Crippen molar-refractivity contribution in [3.05, 3.63) is 41.2 Å². The monoisotopic (exact) mass is 299 g/mol. The second kappa shape index (κ2) is 5.87. The third kappa shape index (κ3) is 2.61. The fourth-order valence-corrected chi connectivity index (χ4v) is 3.16. The number of hydrogen-bond donors (Lipinski definition) is 0. The zero-order valence-electron chi connectivity index (χ0n) is 13.3. The van der Waals surface area contributed by atoms with Gasteiger partial charge in [-0.3, -0.25) is 9.48 Å². The van der Waals surface area contributed by atoms with Crippen LogP contribution >= 0.6 is 0 Å². The molecule has 0 radical (unpaired) electrons. The van der Waals surface area contributed by atoms with E-state index in [1.54, 1.807) is 17.2 Å². The Labute approximate surface area is 130 Å². The van der Waals surface area contributed by atoms with Crippen LogP contribution in [0.2, 0.25) is 0 Å². The molecule has 1 aliphatic rings. The summed E-state index contributed by atoms with van der Waals surface area (Å²) < 4.78 is 1.77. The zero-order valence-corrected chi connectivity index (χ0v) is 13.3. The summed E-state index contributed by atoms with van der Waals surface area (Å²) in [5, 5.41) is 4.34. The predicted molar refractivity (Wildman–Crippen MR) is 82.6 cm³/mol. The normalized spacial score (nSPS) is 16.0. The van der Waals surface area contributed by atoms with E-state index in [2.05, 4.69) is 15.1 Å². The number of piperidine rings is 1. The number of carbonyl (C=O) groups is 1. The maximum atomic E-state index is 12.7. The highest BCUT2D eigenvalue weighted by molar-refractivity contribution is 5.96. The van der Waals surface area contributed by atoms with E-state index in [-0.39, 0.29) is 5.91 Å². The minimum Gasteiger partial charge on any atom is -0.338 e. The summed E-state index contributed by atoms with van der Waals surface area (Å²) in [5.74, 6) is 0.521. The van der Waals surface area contributed by atoms with Crippen molar-refractivity contribution in [3.8, 4) is 0 Å². The number of likely N-dealkylation sites (tertiary alicyclic amines) is 1. The molecule has 1 saturated heterocycles. The predicted octanol–water partition coefficient (Wildman–Crippen LogP) is 1.85. The number of aromatic nitrogens is 4. The van der Waals surface area contributed by atoms with Crippen LogP contribution in [-0.2, 0) is 7.05 Å². The Morgan fingerprint density at radius 2 is 2.00 bits per heavy atom. The van der Waals surface area contributed by atoms with Gasteiger partial charge >= 0.3 is 0 Å². The number of amides is 1. The lowest BCUT2D eigenvalue weighted by Gasteiger charge is -2.31. The molecule has 116 valence electrons. The topological polar surface area (TPSA) is 63.9 Å². The van der Waals surface area contributed by atoms with E-state index < -0.39 is 0 Å². The van der Waals surface area contributed by atoms with Crippen LogP contribution in [0.5, 0.6) is 0 Å². The van der Waals surface area contributed by atoms with Gasteiger partial charge in [0.15, 0.2) is 0 Å². The van der Waals surface area contributed by atoms with Crippen molar-refractivity contribution in [3.63, 3.8) is 0 Å². The first-order chi connectivity index (χ1) is 10.6. The van der Waals surface area contributed by atoms with E-state index in [9.17, 15) is 4.79 Å². The molecule has 0 aliphatic carbocycles. The summed E-state index contributed by atoms with van der Waals surface area (Å²) >= 11 is 0. The second-order valence-corrected chi connectivity index (χ2v) is 5.87. The first kappa shape index (κ1) is 14.7. The number of nitrogens with zero attached hydrogens (tertiary/aromatic N) is 5. The van der Waals surface area contributed by atoms with Crippen LogP contribution in [0.1, 0.15) is 46.2 Å². The van der Waals surface area contributed by atoms with Gasteiger partial charge < -0.3 is 4.90 Å². The maximum Gasteiger partial charge on any atom is 0.257 e. The number of carbonyl (C=O) groups excluding carboxylic acids is 1. The largest absolute Gasteiger partial charge is 0.338 e. The molecule has 2 aromatic rings. The van der Waals surface area contributed by atoms with Crippen molar-refractivity contribution in [2.24, 2.45) is 7.05 Å². The van der Waals surface area contributed by atoms with E-state index in [1.807, 2.05) is 31.9 Å². The van der Waals surface area contributed by atoms with Gasteiger partial charge in [-0.2, -0.15) is 5.10 Å². The summed E-state index contributed by atoms with van der Waals surface area (Å²) in [6.07, 6.45) is 5.26. The molecule has 6 heteroatoms. The Balaban J connectivity index is 1.70. The standard InChI is InChI=1S/C16H21N5O/c1-11-15(12(2)20(3)19-11)16(22)21-8-5-13(6-9-21)14-4-7-17-10-18-14/h4,7,10,13H,5-6,8-9H2,1-3H3. The Kier molecular flexibility index (Phi) is 3.92. The van der Waals surface area contributed by atoms with Gasteiger partial charge in [0.05, 0.1) is 11.3 Å². The highest BCUT2D eigenvalue weighted by Crippen LogP contribution is 2.27. The minimum atomic E-state index is 0.101. The molecule has 0 unspecified atom stereocenters. The van der Waals surface area contributed by atoms with Crippen molar-refractivity contribution < 1.29 is 4.79 Å². The van der Waals surface area contributed by atoms with E-state index in [4.69, 9.17) is 0 Å². The Hall–Kier alpha value is -2.24. The molecule has 22 heavy (non-hydrogen) atoms. The van der Waals surface area contributed by atoms with Gasteiger partial charge in [0.2, 0.25) is 0 Å². The summed E-state index contributed by atoms with van der Waals surface area (Å²) in [4.78, 5) is 23.0. The highest BCUT2D eigenvalue weighted by Gasteiger charge is 2.28. The van der Waals surface area contributed by atoms with Crippen LogP contribution < -0.4 is 0 Å². The molecule has 1 fully saturated rings. The fraction of sp³-hybridized carbons (Fsp3) is 0.500. The Morgan fingerprint density at radius 1 is 1.27 bits per heavy atom. The van der Waals surface area contributed by atoms with E-state index >= 15 is 0 Å². The quantitative estimate of drug-likeness (QED) is 0.849. The smallest absolute Gasteiger partial charge is 0.257 e. The second-order valence-electron chi connectivity index (χ2n) is 5.87. The molecule has 0 saturated carbocycles. The molecule has 2 aromatic heterocycles. The van der Waals surface area contributed by atoms with Gasteiger partial charge in [-0.15, -0.1) is 0 Å². The third-order valence-corrected chi connectivity index (χ3v) is 4.53. The zero-order chi connectivity index (χ0) is 15.7. The van der Waals surface area contributed by atoms with Crippen molar-refractivity contribution in [1.29, 1.82) is 0 Å². The van der Waals surface area contributed by atoms with E-state index in [0.717, 1.165) is 48.6 Å². The van der Waals surface area contributed by atoms with Gasteiger partial charge in [-0.1, -0.05) is 0 Å². The Morgan fingerprint density at radius 3 is 2.55 bits per heavy atom. The molecule has 1 amide bonds. The van der Waals surface area contributed by atoms with Gasteiger partial charge in [0.25, 0.3) is 5.91 Å². The van der Waals surface area contributed by atoms with E-state index in [1.165, 1.54) is 0 Å². The summed E-state index contributed by atoms with van der Waals surface area (Å²) in [7, 11) is 1.88. The van der Waals surface area contributed by atoms with Gasteiger partial charge in [0, 0.05) is 43.6 Å². The van der Waals surface area contributed by atoms with Crippen LogP contribution in [0, 0.1) is 13.8 Å². The van der Waals surface area contributed by atoms with Gasteiger partial charge in [0.1, 0.15) is 6.33 Å². The van der Waals surface area contributed by atoms with Crippen molar-refractivity contribution in [1.82, 2.24) is 24.6 Å². The van der Waals surface area contributed by atoms with Crippen LogP contribution in [0.3, 0.4) is 0 Å². The molecule has 0 bridgehead atoms. The lowest BCUT2D eigenvalue weighted by atomic mass is 9.93. The first-order valence-electron chi connectivity index (χ1n) is 7.63. The van der Waals surface area contributed by atoms with Crippen molar-refractivity contribution in [2.45, 2.75) is 32.6 Å². The average Bonchev–Trinajstić information content (AvgIpc) is 2.80. The van der Waals surface area contributed by atoms with Crippen LogP contribution in [-0.4, -0.2) is 43.6 Å². The molecule has 0 atom stereocenters. The van der Waals surface area contributed by atoms with Crippen molar-refractivity contribution in [2.75, 3.05) is 13.1 Å². The van der Waals surface area contributed by atoms with Crippen molar-refractivity contribution >= 4 is 5.91 Å². The number of aryl methyl sites for hydroxylation is 2. The first-order valence-corrected chi connectivity index (χ1v) is 7.63. The van der Waals surface area contributed by atoms with Crippen LogP contribution in [0.15, 0.2) is 18.6 Å². The molecular weight excluding hydrogens is 278 g/mol. The molecule has 3 rings (SSSR count). The summed E-state index contributed by atoms with van der Waals surface area (Å²) in [6.45, 7) is 5.37. The maximum absolute atomic E-state index is 12.7. The van der Waals surface area contributed by atoms with E-state index in [0.29, 0.717) is 5.92 Å². The van der Waals surface area contributed by atoms with Gasteiger partial charge in [-0.25, -0.2) is 9.97 Å². The third-order valence-electron chi connectivity index (χ3n) is 4.53. The number of rotatable bonds is 2. The SMILES string of the molecule is Cc1nn(C)c(C)c1C(=O)N1CCC(c2ccncn2)CC1.